The van der Waals surface area contributed by atoms with Crippen molar-refractivity contribution < 1.29 is 14.3 Å². The summed E-state index contributed by atoms with van der Waals surface area (Å²) in [5.41, 5.74) is 5.13. The van der Waals surface area contributed by atoms with E-state index in [1.54, 1.807) is 24.3 Å². The quantitative estimate of drug-likeness (QED) is 0.385. The summed E-state index contributed by atoms with van der Waals surface area (Å²) in [6, 6.07) is 22.1. The second-order valence-corrected chi connectivity index (χ2v) is 7.91. The summed E-state index contributed by atoms with van der Waals surface area (Å²) in [6.45, 7) is 3.46. The first-order valence-corrected chi connectivity index (χ1v) is 10.5. The molecule has 0 aliphatic rings. The molecule has 1 amide bonds. The van der Waals surface area contributed by atoms with E-state index in [1.807, 2.05) is 62.4 Å². The van der Waals surface area contributed by atoms with Gasteiger partial charge in [0.25, 0.3) is 5.91 Å². The van der Waals surface area contributed by atoms with E-state index >= 15 is 0 Å². The Labute approximate surface area is 191 Å². The number of carbonyl (C=O) groups is 2. The number of halogens is 1. The van der Waals surface area contributed by atoms with Crippen LogP contribution in [0, 0.1) is 13.8 Å². The standard InChI is InChI=1S/C26H21ClN2O3/c1-16-7-9-18(10-8-16)25-17(2)24(21-5-3-4-6-22(21)29-25)26(31)32-15-23(30)28-20-13-11-19(27)12-14-20/h3-14H,15H2,1-2H3,(H,28,30). The predicted octanol–water partition coefficient (Wildman–Crippen LogP) is 5.97. The number of amides is 1. The van der Waals surface area contributed by atoms with Crippen molar-refractivity contribution in [3.05, 3.63) is 94.5 Å². The van der Waals surface area contributed by atoms with Crippen LogP contribution in [0.3, 0.4) is 0 Å². The molecule has 0 radical (unpaired) electrons. The molecule has 0 spiro atoms. The van der Waals surface area contributed by atoms with Crippen LogP contribution < -0.4 is 5.32 Å². The molecule has 5 nitrogen and oxygen atoms in total. The van der Waals surface area contributed by atoms with Gasteiger partial charge in [-0.05, 0) is 49.7 Å². The molecule has 160 valence electrons. The summed E-state index contributed by atoms with van der Waals surface area (Å²) in [7, 11) is 0. The third-order valence-electron chi connectivity index (χ3n) is 5.13. The van der Waals surface area contributed by atoms with Crippen LogP contribution in [-0.4, -0.2) is 23.5 Å². The lowest BCUT2D eigenvalue weighted by molar-refractivity contribution is -0.119. The van der Waals surface area contributed by atoms with Gasteiger partial charge in [0.05, 0.1) is 16.8 Å². The fourth-order valence-electron chi connectivity index (χ4n) is 3.50. The lowest BCUT2D eigenvalue weighted by Gasteiger charge is -2.14. The normalized spacial score (nSPS) is 10.7. The molecule has 0 saturated carbocycles. The Kier molecular flexibility index (Phi) is 6.19. The van der Waals surface area contributed by atoms with Crippen molar-refractivity contribution in [2.24, 2.45) is 0 Å². The van der Waals surface area contributed by atoms with Crippen LogP contribution in [0.5, 0.6) is 0 Å². The molecule has 3 aromatic carbocycles. The number of rotatable bonds is 5. The van der Waals surface area contributed by atoms with E-state index in [4.69, 9.17) is 21.3 Å². The minimum absolute atomic E-state index is 0.405. The number of anilines is 1. The number of para-hydroxylation sites is 1. The Morgan fingerprint density at radius 1 is 0.938 bits per heavy atom. The Bertz CT molecular complexity index is 1300. The summed E-state index contributed by atoms with van der Waals surface area (Å²) in [5.74, 6) is -1.00. The first-order chi connectivity index (χ1) is 15.4. The summed E-state index contributed by atoms with van der Waals surface area (Å²) >= 11 is 5.86. The number of fused-ring (bicyclic) bond motifs is 1. The topological polar surface area (TPSA) is 68.3 Å². The van der Waals surface area contributed by atoms with Crippen molar-refractivity contribution in [1.29, 1.82) is 0 Å². The van der Waals surface area contributed by atoms with Crippen molar-refractivity contribution in [2.75, 3.05) is 11.9 Å². The molecule has 4 rings (SSSR count). The lowest BCUT2D eigenvalue weighted by atomic mass is 9.97. The SMILES string of the molecule is Cc1ccc(-c2nc3ccccc3c(C(=O)OCC(=O)Nc3ccc(Cl)cc3)c2C)cc1. The molecule has 0 aliphatic carbocycles. The zero-order valence-corrected chi connectivity index (χ0v) is 18.4. The Balaban J connectivity index is 1.61. The summed E-state index contributed by atoms with van der Waals surface area (Å²) in [6.07, 6.45) is 0. The van der Waals surface area contributed by atoms with E-state index in [0.29, 0.717) is 38.4 Å². The maximum Gasteiger partial charge on any atom is 0.339 e. The van der Waals surface area contributed by atoms with E-state index in [1.165, 1.54) is 0 Å². The minimum atomic E-state index is -0.569. The molecule has 0 fully saturated rings. The van der Waals surface area contributed by atoms with Crippen molar-refractivity contribution in [1.82, 2.24) is 4.98 Å². The van der Waals surface area contributed by atoms with Crippen LogP contribution >= 0.6 is 11.6 Å². The summed E-state index contributed by atoms with van der Waals surface area (Å²) < 4.78 is 5.38. The van der Waals surface area contributed by atoms with Gasteiger partial charge in [0.15, 0.2) is 6.61 Å². The zero-order chi connectivity index (χ0) is 22.7. The maximum absolute atomic E-state index is 13.1. The third kappa shape index (κ3) is 4.63. The van der Waals surface area contributed by atoms with E-state index < -0.39 is 18.5 Å². The van der Waals surface area contributed by atoms with Gasteiger partial charge in [0.2, 0.25) is 0 Å². The number of carbonyl (C=O) groups excluding carboxylic acids is 2. The van der Waals surface area contributed by atoms with Crippen molar-refractivity contribution >= 4 is 40.1 Å². The average molecular weight is 445 g/mol. The molecule has 0 atom stereocenters. The number of benzene rings is 3. The highest BCUT2D eigenvalue weighted by atomic mass is 35.5. The number of hydrogen-bond donors (Lipinski definition) is 1. The maximum atomic E-state index is 13.1. The number of aryl methyl sites for hydroxylation is 1. The first-order valence-electron chi connectivity index (χ1n) is 10.1. The monoisotopic (exact) mass is 444 g/mol. The highest BCUT2D eigenvalue weighted by molar-refractivity contribution is 6.30. The molecule has 0 aliphatic heterocycles. The van der Waals surface area contributed by atoms with E-state index in [0.717, 1.165) is 11.1 Å². The van der Waals surface area contributed by atoms with E-state index in [-0.39, 0.29) is 0 Å². The molecule has 1 aromatic heterocycles. The third-order valence-corrected chi connectivity index (χ3v) is 5.38. The summed E-state index contributed by atoms with van der Waals surface area (Å²) in [4.78, 5) is 30.1. The largest absolute Gasteiger partial charge is 0.452 e. The van der Waals surface area contributed by atoms with Crippen LogP contribution in [0.15, 0.2) is 72.8 Å². The minimum Gasteiger partial charge on any atom is -0.452 e. The molecule has 32 heavy (non-hydrogen) atoms. The number of nitrogens with zero attached hydrogens (tertiary/aromatic N) is 1. The number of esters is 1. The van der Waals surface area contributed by atoms with Crippen LogP contribution in [0.4, 0.5) is 5.69 Å². The zero-order valence-electron chi connectivity index (χ0n) is 17.7. The molecule has 1 N–H and O–H groups in total. The first kappa shape index (κ1) is 21.5. The number of nitrogens with one attached hydrogen (secondary N) is 1. The van der Waals surface area contributed by atoms with Gasteiger partial charge in [-0.2, -0.15) is 0 Å². The average Bonchev–Trinajstić information content (AvgIpc) is 2.79. The second kappa shape index (κ2) is 9.20. The smallest absolute Gasteiger partial charge is 0.339 e. The molecular weight excluding hydrogens is 424 g/mol. The van der Waals surface area contributed by atoms with Gasteiger partial charge in [0, 0.05) is 21.7 Å². The Hall–Kier alpha value is -3.70. The fourth-order valence-corrected chi connectivity index (χ4v) is 3.62. The molecule has 0 saturated heterocycles. The Morgan fingerprint density at radius 2 is 1.62 bits per heavy atom. The molecule has 4 aromatic rings. The molecule has 6 heteroatoms. The molecule has 0 unspecified atom stereocenters. The molecule has 0 bridgehead atoms. The van der Waals surface area contributed by atoms with Gasteiger partial charge in [-0.25, -0.2) is 9.78 Å². The predicted molar refractivity (Wildman–Crippen MR) is 127 cm³/mol. The number of ether oxygens (including phenoxy) is 1. The van der Waals surface area contributed by atoms with Gasteiger partial charge >= 0.3 is 5.97 Å². The van der Waals surface area contributed by atoms with Crippen LogP contribution in [0.2, 0.25) is 5.02 Å². The van der Waals surface area contributed by atoms with Crippen molar-refractivity contribution in [2.45, 2.75) is 13.8 Å². The summed E-state index contributed by atoms with van der Waals surface area (Å²) in [5, 5.41) is 3.94. The second-order valence-electron chi connectivity index (χ2n) is 7.47. The van der Waals surface area contributed by atoms with Gasteiger partial charge in [-0.15, -0.1) is 0 Å². The highest BCUT2D eigenvalue weighted by Gasteiger charge is 2.21. The van der Waals surface area contributed by atoms with Crippen LogP contribution in [0.1, 0.15) is 21.5 Å². The van der Waals surface area contributed by atoms with Crippen LogP contribution in [0.25, 0.3) is 22.2 Å². The number of hydrogen-bond acceptors (Lipinski definition) is 4. The van der Waals surface area contributed by atoms with E-state index in [9.17, 15) is 9.59 Å². The van der Waals surface area contributed by atoms with Gasteiger partial charge < -0.3 is 10.1 Å². The number of aromatic nitrogens is 1. The van der Waals surface area contributed by atoms with Crippen molar-refractivity contribution in [3.8, 4) is 11.3 Å². The van der Waals surface area contributed by atoms with E-state index in [2.05, 4.69) is 5.32 Å². The van der Waals surface area contributed by atoms with Gasteiger partial charge in [0.1, 0.15) is 0 Å². The van der Waals surface area contributed by atoms with Crippen molar-refractivity contribution in [3.63, 3.8) is 0 Å². The molecular formula is C26H21ClN2O3. The highest BCUT2D eigenvalue weighted by Crippen LogP contribution is 2.30. The molecule has 1 heterocycles. The lowest BCUT2D eigenvalue weighted by Crippen LogP contribution is -2.21. The van der Waals surface area contributed by atoms with Crippen LogP contribution in [-0.2, 0) is 9.53 Å². The Morgan fingerprint density at radius 3 is 2.34 bits per heavy atom. The fraction of sp³-hybridized carbons (Fsp3) is 0.115. The number of pyridine rings is 1. The van der Waals surface area contributed by atoms with Gasteiger partial charge in [-0.1, -0.05) is 59.6 Å². The van der Waals surface area contributed by atoms with Gasteiger partial charge in [-0.3, -0.25) is 4.79 Å².